The molecule has 104 valence electrons. The molecular formula is C14H13NO4S. The summed E-state index contributed by atoms with van der Waals surface area (Å²) in [6, 6.07) is 10.7. The third-order valence-corrected chi connectivity index (χ3v) is 5.33. The summed E-state index contributed by atoms with van der Waals surface area (Å²) in [5.41, 5.74) is 1.21. The SMILES string of the molecule is CN1c2ccccc2C(O)c2ccc(O)cc2S1(=O)=O. The molecule has 0 radical (unpaired) electrons. The fraction of sp³-hybridized carbons (Fsp3) is 0.143. The average Bonchev–Trinajstić information content (AvgIpc) is 2.50. The Morgan fingerprint density at radius 3 is 2.55 bits per heavy atom. The summed E-state index contributed by atoms with van der Waals surface area (Å²) in [6.07, 6.45) is -1.05. The monoisotopic (exact) mass is 291 g/mol. The van der Waals surface area contributed by atoms with Crippen molar-refractivity contribution >= 4 is 15.7 Å². The number of aliphatic hydroxyl groups is 1. The topological polar surface area (TPSA) is 77.8 Å². The van der Waals surface area contributed by atoms with Gasteiger partial charge in [0, 0.05) is 24.2 Å². The number of phenols is 1. The van der Waals surface area contributed by atoms with Gasteiger partial charge in [0.25, 0.3) is 10.0 Å². The van der Waals surface area contributed by atoms with E-state index in [0.717, 1.165) is 10.4 Å². The zero-order chi connectivity index (χ0) is 14.5. The van der Waals surface area contributed by atoms with Gasteiger partial charge >= 0.3 is 0 Å². The van der Waals surface area contributed by atoms with E-state index < -0.39 is 16.1 Å². The Labute approximate surface area is 116 Å². The first-order valence-electron chi connectivity index (χ1n) is 6.02. The number of anilines is 1. The van der Waals surface area contributed by atoms with Crippen LogP contribution in [0.1, 0.15) is 17.2 Å². The predicted molar refractivity (Wildman–Crippen MR) is 74.2 cm³/mol. The van der Waals surface area contributed by atoms with Crippen LogP contribution < -0.4 is 4.31 Å². The first-order valence-corrected chi connectivity index (χ1v) is 7.46. The summed E-state index contributed by atoms with van der Waals surface area (Å²) in [5, 5.41) is 20.0. The second kappa shape index (κ2) is 4.22. The molecule has 0 aromatic heterocycles. The summed E-state index contributed by atoms with van der Waals surface area (Å²) in [7, 11) is -2.38. The summed E-state index contributed by atoms with van der Waals surface area (Å²) < 4.78 is 26.3. The molecule has 6 heteroatoms. The van der Waals surface area contributed by atoms with Crippen molar-refractivity contribution in [1.29, 1.82) is 0 Å². The van der Waals surface area contributed by atoms with E-state index in [1.165, 1.54) is 19.2 Å². The van der Waals surface area contributed by atoms with Gasteiger partial charge in [0.2, 0.25) is 0 Å². The highest BCUT2D eigenvalue weighted by Gasteiger charge is 2.34. The van der Waals surface area contributed by atoms with Crippen LogP contribution in [0, 0.1) is 0 Å². The van der Waals surface area contributed by atoms with Crippen LogP contribution in [0.5, 0.6) is 5.75 Å². The number of fused-ring (bicyclic) bond motifs is 2. The number of phenolic OH excluding ortho intramolecular Hbond substituents is 1. The third-order valence-electron chi connectivity index (χ3n) is 3.50. The van der Waals surface area contributed by atoms with Crippen molar-refractivity contribution in [3.8, 4) is 5.75 Å². The number of rotatable bonds is 0. The van der Waals surface area contributed by atoms with Crippen molar-refractivity contribution in [2.75, 3.05) is 11.4 Å². The average molecular weight is 291 g/mol. The smallest absolute Gasteiger partial charge is 0.264 e. The van der Waals surface area contributed by atoms with Gasteiger partial charge in [-0.2, -0.15) is 0 Å². The molecule has 2 aromatic carbocycles. The van der Waals surface area contributed by atoms with Gasteiger partial charge in [0.05, 0.1) is 10.6 Å². The number of hydrogen-bond acceptors (Lipinski definition) is 4. The molecule has 3 rings (SSSR count). The molecule has 0 aliphatic carbocycles. The number of para-hydroxylation sites is 1. The second-order valence-electron chi connectivity index (χ2n) is 4.66. The largest absolute Gasteiger partial charge is 0.508 e. The minimum absolute atomic E-state index is 0.0799. The standard InChI is InChI=1S/C14H13NO4S/c1-15-12-5-3-2-4-10(12)14(17)11-7-6-9(16)8-13(11)20(15,18)19/h2-8,14,16-17H,1H3. The van der Waals surface area contributed by atoms with Crippen LogP contribution in [0.3, 0.4) is 0 Å². The van der Waals surface area contributed by atoms with Crippen molar-refractivity contribution < 1.29 is 18.6 Å². The lowest BCUT2D eigenvalue weighted by molar-refractivity contribution is 0.218. The summed E-state index contributed by atoms with van der Waals surface area (Å²) in [5.74, 6) is -0.154. The number of nitrogens with zero attached hydrogens (tertiary/aromatic N) is 1. The van der Waals surface area contributed by atoms with Crippen molar-refractivity contribution in [3.05, 3.63) is 53.6 Å². The van der Waals surface area contributed by atoms with Gasteiger partial charge in [0.1, 0.15) is 11.9 Å². The fourth-order valence-electron chi connectivity index (χ4n) is 2.42. The second-order valence-corrected chi connectivity index (χ2v) is 6.59. The molecule has 1 aliphatic heterocycles. The molecule has 0 spiro atoms. The zero-order valence-electron chi connectivity index (χ0n) is 10.7. The maximum Gasteiger partial charge on any atom is 0.264 e. The van der Waals surface area contributed by atoms with E-state index in [0.29, 0.717) is 11.3 Å². The van der Waals surface area contributed by atoms with E-state index >= 15 is 0 Å². The summed E-state index contributed by atoms with van der Waals surface area (Å²) in [4.78, 5) is -0.0799. The highest BCUT2D eigenvalue weighted by Crippen LogP contribution is 2.40. The van der Waals surface area contributed by atoms with Gasteiger partial charge < -0.3 is 10.2 Å². The number of aliphatic hydroxyl groups excluding tert-OH is 1. The van der Waals surface area contributed by atoms with Crippen LogP contribution in [-0.4, -0.2) is 25.7 Å². The van der Waals surface area contributed by atoms with Crippen molar-refractivity contribution in [1.82, 2.24) is 0 Å². The molecule has 1 unspecified atom stereocenters. The van der Waals surface area contributed by atoms with Gasteiger partial charge in [0.15, 0.2) is 0 Å². The van der Waals surface area contributed by atoms with Crippen LogP contribution in [0.4, 0.5) is 5.69 Å². The molecule has 1 heterocycles. The van der Waals surface area contributed by atoms with Crippen molar-refractivity contribution in [3.63, 3.8) is 0 Å². The lowest BCUT2D eigenvalue weighted by Crippen LogP contribution is -2.26. The minimum atomic E-state index is -3.81. The molecular weight excluding hydrogens is 278 g/mol. The highest BCUT2D eigenvalue weighted by molar-refractivity contribution is 7.92. The molecule has 0 fully saturated rings. The summed E-state index contributed by atoms with van der Waals surface area (Å²) >= 11 is 0. The van der Waals surface area contributed by atoms with E-state index in [4.69, 9.17) is 0 Å². The number of hydrogen-bond donors (Lipinski definition) is 2. The van der Waals surface area contributed by atoms with E-state index in [1.807, 2.05) is 0 Å². The maximum atomic E-state index is 12.6. The van der Waals surface area contributed by atoms with Gasteiger partial charge in [-0.25, -0.2) is 8.42 Å². The quantitative estimate of drug-likeness (QED) is 0.773. The molecule has 2 aromatic rings. The Kier molecular flexibility index (Phi) is 2.74. The van der Waals surface area contributed by atoms with Crippen LogP contribution in [-0.2, 0) is 10.0 Å². The van der Waals surface area contributed by atoms with E-state index in [2.05, 4.69) is 0 Å². The van der Waals surface area contributed by atoms with Crippen LogP contribution >= 0.6 is 0 Å². The van der Waals surface area contributed by atoms with Gasteiger partial charge in [-0.3, -0.25) is 4.31 Å². The Balaban J connectivity index is 2.41. The van der Waals surface area contributed by atoms with E-state index in [9.17, 15) is 18.6 Å². The number of sulfonamides is 1. The van der Waals surface area contributed by atoms with E-state index in [1.54, 1.807) is 24.3 Å². The molecule has 0 amide bonds. The number of aromatic hydroxyl groups is 1. The Morgan fingerprint density at radius 2 is 1.80 bits per heavy atom. The van der Waals surface area contributed by atoms with Gasteiger partial charge in [-0.15, -0.1) is 0 Å². The first-order chi connectivity index (χ1) is 9.43. The molecule has 1 atom stereocenters. The maximum absolute atomic E-state index is 12.6. The molecule has 20 heavy (non-hydrogen) atoms. The fourth-order valence-corrected chi connectivity index (χ4v) is 3.89. The highest BCUT2D eigenvalue weighted by atomic mass is 32.2. The van der Waals surface area contributed by atoms with Crippen molar-refractivity contribution in [2.24, 2.45) is 0 Å². The molecule has 2 N–H and O–H groups in total. The van der Waals surface area contributed by atoms with Crippen LogP contribution in [0.15, 0.2) is 47.4 Å². The summed E-state index contributed by atoms with van der Waals surface area (Å²) in [6.45, 7) is 0. The Morgan fingerprint density at radius 1 is 1.10 bits per heavy atom. The van der Waals surface area contributed by atoms with E-state index in [-0.39, 0.29) is 16.2 Å². The Bertz CT molecular complexity index is 786. The molecule has 0 saturated heterocycles. The van der Waals surface area contributed by atoms with Crippen molar-refractivity contribution in [2.45, 2.75) is 11.0 Å². The molecule has 1 aliphatic rings. The first kappa shape index (κ1) is 13.0. The zero-order valence-corrected chi connectivity index (χ0v) is 11.5. The van der Waals surface area contributed by atoms with Crippen LogP contribution in [0.2, 0.25) is 0 Å². The lowest BCUT2D eigenvalue weighted by Gasteiger charge is -2.19. The third kappa shape index (κ3) is 1.69. The Hall–Kier alpha value is -2.05. The van der Waals surface area contributed by atoms with Gasteiger partial charge in [-0.1, -0.05) is 24.3 Å². The van der Waals surface area contributed by atoms with Gasteiger partial charge in [-0.05, 0) is 12.1 Å². The molecule has 5 nitrogen and oxygen atoms in total. The minimum Gasteiger partial charge on any atom is -0.508 e. The number of benzene rings is 2. The predicted octanol–water partition coefficient (Wildman–Crippen LogP) is 1.61. The normalized spacial score (nSPS) is 19.9. The molecule has 0 bridgehead atoms. The van der Waals surface area contributed by atoms with Crippen LogP contribution in [0.25, 0.3) is 0 Å². The molecule has 0 saturated carbocycles. The lowest BCUT2D eigenvalue weighted by atomic mass is 10.00.